The first-order chi connectivity index (χ1) is 6.52. The smallest absolute Gasteiger partial charge is 0.0581 e. The minimum Gasteiger partial charge on any atom is -0.123 e. The summed E-state index contributed by atoms with van der Waals surface area (Å²) >= 11 is 21.2. The zero-order chi connectivity index (χ0) is 11.1. The monoisotopic (exact) mass is 320 g/mol. The second kappa shape index (κ2) is 8.27. The van der Waals surface area contributed by atoms with Gasteiger partial charge in [0.05, 0.1) is 5.88 Å². The largest absolute Gasteiger partial charge is 0.123 e. The number of alkyl halides is 3. The standard InChI is InChI=1S/C10H16BrCl3/c1-7(2)9(13)4-3-8(5-11)10(14)6-12/h7,9H,3-6H2,1-2H3/b10-8-/t9-/m1/s1. The quantitative estimate of drug-likeness (QED) is 0.593. The highest BCUT2D eigenvalue weighted by Gasteiger charge is 2.11. The van der Waals surface area contributed by atoms with Gasteiger partial charge in [-0.25, -0.2) is 0 Å². The van der Waals surface area contributed by atoms with Crippen LogP contribution < -0.4 is 0 Å². The van der Waals surface area contributed by atoms with E-state index >= 15 is 0 Å². The van der Waals surface area contributed by atoms with E-state index in [-0.39, 0.29) is 5.38 Å². The number of hydrogen-bond acceptors (Lipinski definition) is 0. The van der Waals surface area contributed by atoms with Gasteiger partial charge in [-0.2, -0.15) is 0 Å². The fourth-order valence-corrected chi connectivity index (χ4v) is 2.25. The Hall–Kier alpha value is 1.09. The molecule has 0 rings (SSSR count). The summed E-state index contributed by atoms with van der Waals surface area (Å²) in [6.07, 6.45) is 1.87. The van der Waals surface area contributed by atoms with Crippen molar-refractivity contribution in [2.45, 2.75) is 32.1 Å². The molecule has 0 spiro atoms. The van der Waals surface area contributed by atoms with Crippen molar-refractivity contribution in [2.75, 3.05) is 11.2 Å². The first-order valence-corrected chi connectivity index (χ1v) is 7.12. The molecule has 0 unspecified atom stereocenters. The molecule has 0 saturated heterocycles. The van der Waals surface area contributed by atoms with E-state index < -0.39 is 0 Å². The summed E-state index contributed by atoms with van der Waals surface area (Å²) in [6.45, 7) is 4.25. The summed E-state index contributed by atoms with van der Waals surface area (Å²) in [4.78, 5) is 0. The molecule has 0 aromatic heterocycles. The molecular formula is C10H16BrCl3. The zero-order valence-corrected chi connectivity index (χ0v) is 12.3. The van der Waals surface area contributed by atoms with Crippen LogP contribution >= 0.6 is 50.7 Å². The molecule has 0 aliphatic rings. The van der Waals surface area contributed by atoms with Crippen LogP contribution in [0.15, 0.2) is 10.6 Å². The van der Waals surface area contributed by atoms with Gasteiger partial charge in [0.25, 0.3) is 0 Å². The molecule has 0 radical (unpaired) electrons. The van der Waals surface area contributed by atoms with Crippen LogP contribution in [0.4, 0.5) is 0 Å². The molecule has 14 heavy (non-hydrogen) atoms. The second-order valence-electron chi connectivity index (χ2n) is 3.57. The minimum atomic E-state index is 0.212. The SMILES string of the molecule is CC(C)[C@H](Cl)CC/C(CBr)=C(/Cl)CCl. The van der Waals surface area contributed by atoms with Crippen LogP contribution in [0.5, 0.6) is 0 Å². The van der Waals surface area contributed by atoms with E-state index in [0.29, 0.717) is 11.8 Å². The lowest BCUT2D eigenvalue weighted by molar-refractivity contribution is 0.564. The average Bonchev–Trinajstić information content (AvgIpc) is 2.17. The molecule has 0 aliphatic heterocycles. The normalized spacial score (nSPS) is 15.6. The minimum absolute atomic E-state index is 0.212. The molecule has 0 aromatic rings. The lowest BCUT2D eigenvalue weighted by Gasteiger charge is -2.14. The van der Waals surface area contributed by atoms with Crippen molar-refractivity contribution in [3.63, 3.8) is 0 Å². The summed E-state index contributed by atoms with van der Waals surface area (Å²) in [5.74, 6) is 0.889. The van der Waals surface area contributed by atoms with E-state index in [0.717, 1.165) is 28.8 Å². The molecule has 1 atom stereocenters. The van der Waals surface area contributed by atoms with Gasteiger partial charge in [-0.1, -0.05) is 41.4 Å². The zero-order valence-electron chi connectivity index (χ0n) is 8.49. The van der Waals surface area contributed by atoms with Gasteiger partial charge in [-0.3, -0.25) is 0 Å². The Bertz CT molecular complexity index is 190. The van der Waals surface area contributed by atoms with Crippen molar-refractivity contribution in [1.82, 2.24) is 0 Å². The molecule has 4 heteroatoms. The summed E-state index contributed by atoms with van der Waals surface area (Å²) in [5, 5.41) is 1.74. The number of rotatable bonds is 6. The maximum absolute atomic E-state index is 6.15. The van der Waals surface area contributed by atoms with Crippen molar-refractivity contribution in [3.05, 3.63) is 10.6 Å². The third-order valence-electron chi connectivity index (χ3n) is 2.11. The van der Waals surface area contributed by atoms with Crippen LogP contribution in [0.1, 0.15) is 26.7 Å². The van der Waals surface area contributed by atoms with Crippen molar-refractivity contribution < 1.29 is 0 Å². The predicted octanol–water partition coefficient (Wildman–Crippen LogP) is 5.16. The van der Waals surface area contributed by atoms with Crippen LogP contribution in [-0.4, -0.2) is 16.6 Å². The van der Waals surface area contributed by atoms with Crippen molar-refractivity contribution in [1.29, 1.82) is 0 Å². The molecular weight excluding hydrogens is 306 g/mol. The van der Waals surface area contributed by atoms with Crippen LogP contribution in [0.2, 0.25) is 0 Å². The number of allylic oxidation sites excluding steroid dienone is 2. The molecule has 0 nitrogen and oxygen atoms in total. The maximum atomic E-state index is 6.15. The fourth-order valence-electron chi connectivity index (χ4n) is 1.01. The Morgan fingerprint density at radius 2 is 1.93 bits per heavy atom. The molecule has 0 saturated carbocycles. The highest BCUT2D eigenvalue weighted by atomic mass is 79.9. The van der Waals surface area contributed by atoms with Crippen molar-refractivity contribution >= 4 is 50.7 Å². The summed E-state index contributed by atoms with van der Waals surface area (Å²) in [7, 11) is 0. The van der Waals surface area contributed by atoms with Gasteiger partial charge >= 0.3 is 0 Å². The van der Waals surface area contributed by atoms with Crippen LogP contribution in [0.25, 0.3) is 0 Å². The van der Waals surface area contributed by atoms with Gasteiger partial charge in [0, 0.05) is 15.7 Å². The van der Waals surface area contributed by atoms with E-state index in [9.17, 15) is 0 Å². The Labute approximate surface area is 110 Å². The number of hydrogen-bond donors (Lipinski definition) is 0. The molecule has 0 aliphatic carbocycles. The molecule has 84 valence electrons. The van der Waals surface area contributed by atoms with Gasteiger partial charge < -0.3 is 0 Å². The second-order valence-corrected chi connectivity index (χ2v) is 5.42. The Morgan fingerprint density at radius 3 is 2.29 bits per heavy atom. The number of halogens is 4. The molecule has 0 amide bonds. The van der Waals surface area contributed by atoms with E-state index in [1.165, 1.54) is 0 Å². The van der Waals surface area contributed by atoms with Crippen molar-refractivity contribution in [3.8, 4) is 0 Å². The maximum Gasteiger partial charge on any atom is 0.0581 e. The molecule has 0 N–H and O–H groups in total. The molecule has 0 bridgehead atoms. The lowest BCUT2D eigenvalue weighted by Crippen LogP contribution is -2.08. The van der Waals surface area contributed by atoms with Crippen LogP contribution in [-0.2, 0) is 0 Å². The Morgan fingerprint density at radius 1 is 1.36 bits per heavy atom. The fraction of sp³-hybridized carbons (Fsp3) is 0.800. The van der Waals surface area contributed by atoms with E-state index in [1.807, 2.05) is 0 Å². The van der Waals surface area contributed by atoms with E-state index in [2.05, 4.69) is 29.8 Å². The third kappa shape index (κ3) is 5.85. The Balaban J connectivity index is 4.09. The van der Waals surface area contributed by atoms with Gasteiger partial charge in [0.1, 0.15) is 0 Å². The highest BCUT2D eigenvalue weighted by Crippen LogP contribution is 2.23. The van der Waals surface area contributed by atoms with Gasteiger partial charge in [0.15, 0.2) is 0 Å². The summed E-state index contributed by atoms with van der Waals surface area (Å²) in [6, 6.07) is 0. The van der Waals surface area contributed by atoms with Gasteiger partial charge in [-0.05, 0) is 24.3 Å². The predicted molar refractivity (Wildman–Crippen MR) is 71.1 cm³/mol. The first kappa shape index (κ1) is 15.1. The highest BCUT2D eigenvalue weighted by molar-refractivity contribution is 9.09. The van der Waals surface area contributed by atoms with Crippen LogP contribution in [0.3, 0.4) is 0 Å². The van der Waals surface area contributed by atoms with Gasteiger partial charge in [-0.15, -0.1) is 23.2 Å². The first-order valence-electron chi connectivity index (χ1n) is 4.65. The van der Waals surface area contributed by atoms with Crippen molar-refractivity contribution in [2.24, 2.45) is 5.92 Å². The third-order valence-corrected chi connectivity index (χ3v) is 4.31. The Kier molecular flexibility index (Phi) is 8.91. The summed E-state index contributed by atoms with van der Waals surface area (Å²) < 4.78 is 0. The molecule has 0 heterocycles. The molecule has 0 aromatic carbocycles. The van der Waals surface area contributed by atoms with E-state index in [4.69, 9.17) is 34.8 Å². The van der Waals surface area contributed by atoms with E-state index in [1.54, 1.807) is 0 Å². The summed E-state index contributed by atoms with van der Waals surface area (Å²) in [5.41, 5.74) is 1.16. The topological polar surface area (TPSA) is 0 Å². The lowest BCUT2D eigenvalue weighted by atomic mass is 10.0. The molecule has 0 fully saturated rings. The van der Waals surface area contributed by atoms with Gasteiger partial charge in [0.2, 0.25) is 0 Å². The van der Waals surface area contributed by atoms with Crippen LogP contribution in [0, 0.1) is 5.92 Å². The average molecular weight is 323 g/mol.